The monoisotopic (exact) mass is 452 g/mol. The number of hydrogen-bond donors (Lipinski definition) is 2. The lowest BCUT2D eigenvalue weighted by Crippen LogP contribution is -2.17. The number of nitrogens with one attached hydrogen (secondary N) is 2. The molecule has 0 saturated carbocycles. The van der Waals surface area contributed by atoms with Gasteiger partial charge in [-0.25, -0.2) is 13.2 Å². The Hall–Kier alpha value is -3.65. The van der Waals surface area contributed by atoms with Crippen LogP contribution in [0, 0.1) is 13.8 Å². The molecule has 0 saturated heterocycles. The lowest BCUT2D eigenvalue weighted by molar-refractivity contribution is 0.0526. The summed E-state index contributed by atoms with van der Waals surface area (Å²) in [5.74, 6) is -0.916. The third-order valence-corrected chi connectivity index (χ3v) is 6.19. The highest BCUT2D eigenvalue weighted by Gasteiger charge is 2.20. The van der Waals surface area contributed by atoms with Crippen LogP contribution in [0.2, 0.25) is 0 Å². The highest BCUT2D eigenvalue weighted by Crippen LogP contribution is 2.22. The smallest absolute Gasteiger partial charge is 0.338 e. The van der Waals surface area contributed by atoms with E-state index in [0.717, 1.165) is 5.56 Å². The Kier molecular flexibility index (Phi) is 6.95. The number of anilines is 2. The normalized spacial score (nSPS) is 11.0. The topological polar surface area (TPSA) is 102 Å². The zero-order valence-corrected chi connectivity index (χ0v) is 18.8. The summed E-state index contributed by atoms with van der Waals surface area (Å²) in [6.45, 7) is 5.53. The Morgan fingerprint density at radius 3 is 2.22 bits per heavy atom. The Bertz CT molecular complexity index is 1250. The van der Waals surface area contributed by atoms with Crippen LogP contribution in [0.1, 0.15) is 38.8 Å². The van der Waals surface area contributed by atoms with Crippen LogP contribution >= 0.6 is 0 Å². The molecule has 0 spiro atoms. The minimum Gasteiger partial charge on any atom is -0.462 e. The van der Waals surface area contributed by atoms with Gasteiger partial charge >= 0.3 is 5.97 Å². The Morgan fingerprint density at radius 2 is 1.56 bits per heavy atom. The number of carbonyl (C=O) groups excluding carboxylic acids is 2. The molecule has 32 heavy (non-hydrogen) atoms. The van der Waals surface area contributed by atoms with Gasteiger partial charge in [0.15, 0.2) is 0 Å². The maximum atomic E-state index is 12.9. The lowest BCUT2D eigenvalue weighted by Gasteiger charge is -2.13. The molecule has 0 unspecified atom stereocenters. The predicted octanol–water partition coefficient (Wildman–Crippen LogP) is 4.53. The molecule has 3 aromatic carbocycles. The first-order chi connectivity index (χ1) is 15.2. The van der Waals surface area contributed by atoms with E-state index in [4.69, 9.17) is 4.74 Å². The zero-order valence-electron chi connectivity index (χ0n) is 18.0. The summed E-state index contributed by atoms with van der Waals surface area (Å²) < 4.78 is 33.4. The van der Waals surface area contributed by atoms with Gasteiger partial charge in [-0.2, -0.15) is 0 Å². The van der Waals surface area contributed by atoms with Crippen molar-refractivity contribution in [1.82, 2.24) is 0 Å². The fraction of sp³-hybridized carbons (Fsp3) is 0.167. The van der Waals surface area contributed by atoms with Gasteiger partial charge in [-0.1, -0.05) is 18.2 Å². The molecule has 8 heteroatoms. The van der Waals surface area contributed by atoms with Gasteiger partial charge in [0.2, 0.25) is 0 Å². The van der Waals surface area contributed by atoms with Crippen molar-refractivity contribution in [3.63, 3.8) is 0 Å². The second-order valence-corrected chi connectivity index (χ2v) is 8.86. The van der Waals surface area contributed by atoms with Crippen molar-refractivity contribution in [3.05, 3.63) is 89.0 Å². The van der Waals surface area contributed by atoms with E-state index in [1.54, 1.807) is 68.4 Å². The lowest BCUT2D eigenvalue weighted by atomic mass is 10.1. The van der Waals surface area contributed by atoms with E-state index in [1.165, 1.54) is 6.07 Å². The van der Waals surface area contributed by atoms with Gasteiger partial charge in [-0.05, 0) is 80.4 Å². The fourth-order valence-electron chi connectivity index (χ4n) is 3.06. The zero-order chi connectivity index (χ0) is 23.3. The summed E-state index contributed by atoms with van der Waals surface area (Å²) in [7, 11) is -3.89. The Labute approximate surface area is 187 Å². The third kappa shape index (κ3) is 5.53. The number of rotatable bonds is 7. The van der Waals surface area contributed by atoms with E-state index in [1.807, 2.05) is 13.0 Å². The van der Waals surface area contributed by atoms with Gasteiger partial charge in [-0.3, -0.25) is 9.52 Å². The average Bonchev–Trinajstić information content (AvgIpc) is 2.74. The van der Waals surface area contributed by atoms with Gasteiger partial charge in [-0.15, -0.1) is 0 Å². The van der Waals surface area contributed by atoms with Gasteiger partial charge < -0.3 is 10.1 Å². The van der Waals surface area contributed by atoms with Crippen molar-refractivity contribution >= 4 is 33.3 Å². The van der Waals surface area contributed by atoms with E-state index >= 15 is 0 Å². The van der Waals surface area contributed by atoms with Crippen LogP contribution in [0.4, 0.5) is 11.4 Å². The standard InChI is InChI=1S/C24H24N2O5S/c1-4-31-24(28)18-10-12-20(13-11-18)25-23(27)19-9-8-17(3)22(15-19)32(29,30)26-21-7-5-6-16(2)14-21/h5-15,26H,4H2,1-3H3,(H,25,27). The van der Waals surface area contributed by atoms with Gasteiger partial charge in [0.05, 0.1) is 17.1 Å². The first kappa shape index (κ1) is 23.0. The van der Waals surface area contributed by atoms with Gasteiger partial charge in [0.25, 0.3) is 15.9 Å². The van der Waals surface area contributed by atoms with E-state index in [0.29, 0.717) is 22.5 Å². The molecular formula is C24H24N2O5S. The number of ether oxygens (including phenoxy) is 1. The number of sulfonamides is 1. The average molecular weight is 453 g/mol. The molecule has 3 rings (SSSR count). The molecule has 0 aliphatic rings. The molecule has 0 aromatic heterocycles. The highest BCUT2D eigenvalue weighted by atomic mass is 32.2. The fourth-order valence-corrected chi connectivity index (χ4v) is 4.38. The van der Waals surface area contributed by atoms with Crippen molar-refractivity contribution in [2.45, 2.75) is 25.7 Å². The number of carbonyl (C=O) groups is 2. The number of aryl methyl sites for hydroxylation is 2. The van der Waals surface area contributed by atoms with E-state index in [-0.39, 0.29) is 17.1 Å². The van der Waals surface area contributed by atoms with Gasteiger partial charge in [0, 0.05) is 16.9 Å². The third-order valence-electron chi connectivity index (χ3n) is 4.66. The van der Waals surface area contributed by atoms with Crippen LogP contribution in [0.25, 0.3) is 0 Å². The summed E-state index contributed by atoms with van der Waals surface area (Å²) in [5.41, 5.74) is 2.90. The van der Waals surface area contributed by atoms with Crippen molar-refractivity contribution in [2.75, 3.05) is 16.6 Å². The molecule has 0 heterocycles. The molecule has 0 aliphatic heterocycles. The van der Waals surface area contributed by atoms with Crippen LogP contribution in [0.3, 0.4) is 0 Å². The minimum absolute atomic E-state index is 0.0179. The van der Waals surface area contributed by atoms with Crippen LogP contribution in [0.5, 0.6) is 0 Å². The van der Waals surface area contributed by atoms with Crippen molar-refractivity contribution in [2.24, 2.45) is 0 Å². The van der Waals surface area contributed by atoms with Crippen LogP contribution in [-0.4, -0.2) is 26.9 Å². The molecular weight excluding hydrogens is 428 g/mol. The van der Waals surface area contributed by atoms with E-state index in [2.05, 4.69) is 10.0 Å². The highest BCUT2D eigenvalue weighted by molar-refractivity contribution is 7.92. The molecule has 0 aliphatic carbocycles. The molecule has 0 atom stereocenters. The molecule has 7 nitrogen and oxygen atoms in total. The molecule has 3 aromatic rings. The molecule has 0 bridgehead atoms. The van der Waals surface area contributed by atoms with Gasteiger partial charge in [0.1, 0.15) is 0 Å². The van der Waals surface area contributed by atoms with Crippen LogP contribution in [0.15, 0.2) is 71.6 Å². The van der Waals surface area contributed by atoms with Crippen molar-refractivity contribution in [1.29, 1.82) is 0 Å². The van der Waals surface area contributed by atoms with Crippen LogP contribution < -0.4 is 10.0 Å². The SMILES string of the molecule is CCOC(=O)c1ccc(NC(=O)c2ccc(C)c(S(=O)(=O)Nc3cccc(C)c3)c2)cc1. The molecule has 0 fully saturated rings. The Morgan fingerprint density at radius 1 is 0.875 bits per heavy atom. The molecule has 0 radical (unpaired) electrons. The first-order valence-corrected chi connectivity index (χ1v) is 11.5. The van der Waals surface area contributed by atoms with Crippen molar-refractivity contribution < 1.29 is 22.7 Å². The second kappa shape index (κ2) is 9.65. The largest absolute Gasteiger partial charge is 0.462 e. The number of amides is 1. The number of hydrogen-bond acceptors (Lipinski definition) is 5. The maximum absolute atomic E-state index is 12.9. The summed E-state index contributed by atoms with van der Waals surface area (Å²) in [4.78, 5) is 24.5. The molecule has 1 amide bonds. The molecule has 2 N–H and O–H groups in total. The number of esters is 1. The quantitative estimate of drug-likeness (QED) is 0.513. The summed E-state index contributed by atoms with van der Waals surface area (Å²) in [5, 5.41) is 2.71. The second-order valence-electron chi connectivity index (χ2n) is 7.21. The van der Waals surface area contributed by atoms with Crippen LogP contribution in [-0.2, 0) is 14.8 Å². The van der Waals surface area contributed by atoms with Crippen molar-refractivity contribution in [3.8, 4) is 0 Å². The minimum atomic E-state index is -3.89. The van der Waals surface area contributed by atoms with E-state index < -0.39 is 21.9 Å². The number of benzene rings is 3. The predicted molar refractivity (Wildman–Crippen MR) is 124 cm³/mol. The Balaban J connectivity index is 1.80. The molecule has 166 valence electrons. The first-order valence-electron chi connectivity index (χ1n) is 9.98. The summed E-state index contributed by atoms with van der Waals surface area (Å²) in [6.07, 6.45) is 0. The van der Waals surface area contributed by atoms with E-state index in [9.17, 15) is 18.0 Å². The summed E-state index contributed by atoms with van der Waals surface area (Å²) >= 11 is 0. The summed E-state index contributed by atoms with van der Waals surface area (Å²) in [6, 6.07) is 17.8. The maximum Gasteiger partial charge on any atom is 0.338 e.